The van der Waals surface area contributed by atoms with Crippen LogP contribution in [0.5, 0.6) is 0 Å². The van der Waals surface area contributed by atoms with Gasteiger partial charge in [0.15, 0.2) is 5.90 Å². The maximum atomic E-state index is 5.44. The third-order valence-corrected chi connectivity index (χ3v) is 2.62. The monoisotopic (exact) mass is 168 g/mol. The SMILES string of the molecule is C[C@@H]1CC[C@@H](C2=NCCO2)CN1. The summed E-state index contributed by atoms with van der Waals surface area (Å²) in [6.07, 6.45) is 2.47. The Morgan fingerprint density at radius 1 is 1.50 bits per heavy atom. The van der Waals surface area contributed by atoms with Gasteiger partial charge in [-0.15, -0.1) is 0 Å². The highest BCUT2D eigenvalue weighted by molar-refractivity contribution is 5.80. The highest BCUT2D eigenvalue weighted by Gasteiger charge is 2.24. The standard InChI is InChI=1S/C9H16N2O/c1-7-2-3-8(6-11-7)9-10-4-5-12-9/h7-8,11H,2-6H2,1H3/t7-,8-/m1/s1. The van der Waals surface area contributed by atoms with Gasteiger partial charge in [-0.3, -0.25) is 4.99 Å². The summed E-state index contributed by atoms with van der Waals surface area (Å²) in [5, 5.41) is 3.45. The van der Waals surface area contributed by atoms with Crippen molar-refractivity contribution < 1.29 is 4.74 Å². The van der Waals surface area contributed by atoms with E-state index in [4.69, 9.17) is 4.74 Å². The number of nitrogens with one attached hydrogen (secondary N) is 1. The molecular weight excluding hydrogens is 152 g/mol. The number of nitrogens with zero attached hydrogens (tertiary/aromatic N) is 1. The van der Waals surface area contributed by atoms with Crippen molar-refractivity contribution in [3.05, 3.63) is 0 Å². The van der Waals surface area contributed by atoms with E-state index in [1.807, 2.05) is 0 Å². The maximum absolute atomic E-state index is 5.44. The van der Waals surface area contributed by atoms with E-state index in [1.54, 1.807) is 0 Å². The van der Waals surface area contributed by atoms with Gasteiger partial charge in [0.25, 0.3) is 0 Å². The van der Waals surface area contributed by atoms with Crippen molar-refractivity contribution in [2.24, 2.45) is 10.9 Å². The molecule has 0 radical (unpaired) electrons. The van der Waals surface area contributed by atoms with Gasteiger partial charge in [-0.2, -0.15) is 0 Å². The summed E-state index contributed by atoms with van der Waals surface area (Å²) < 4.78 is 5.44. The highest BCUT2D eigenvalue weighted by atomic mass is 16.5. The highest BCUT2D eigenvalue weighted by Crippen LogP contribution is 2.18. The largest absolute Gasteiger partial charge is 0.479 e. The Morgan fingerprint density at radius 2 is 2.42 bits per heavy atom. The van der Waals surface area contributed by atoms with Crippen molar-refractivity contribution in [3.8, 4) is 0 Å². The summed E-state index contributed by atoms with van der Waals surface area (Å²) in [7, 11) is 0. The Morgan fingerprint density at radius 3 is 3.00 bits per heavy atom. The van der Waals surface area contributed by atoms with Gasteiger partial charge in [0, 0.05) is 18.5 Å². The second kappa shape index (κ2) is 3.44. The molecule has 2 heterocycles. The first kappa shape index (κ1) is 8.05. The lowest BCUT2D eigenvalue weighted by molar-refractivity contribution is 0.291. The van der Waals surface area contributed by atoms with Crippen LogP contribution in [0.3, 0.4) is 0 Å². The molecule has 2 rings (SSSR count). The Labute approximate surface area is 73.2 Å². The molecule has 2 aliphatic heterocycles. The second-order valence-corrected chi connectivity index (χ2v) is 3.65. The molecule has 1 fully saturated rings. The van der Waals surface area contributed by atoms with Crippen molar-refractivity contribution in [2.75, 3.05) is 19.7 Å². The zero-order valence-corrected chi connectivity index (χ0v) is 7.55. The minimum absolute atomic E-state index is 0.545. The Kier molecular flexibility index (Phi) is 2.30. The topological polar surface area (TPSA) is 33.6 Å². The molecule has 1 saturated heterocycles. The molecular formula is C9H16N2O. The molecule has 0 bridgehead atoms. The number of rotatable bonds is 1. The van der Waals surface area contributed by atoms with E-state index in [2.05, 4.69) is 17.2 Å². The Balaban J connectivity index is 1.88. The summed E-state index contributed by atoms with van der Waals surface area (Å²) in [6, 6.07) is 0.670. The van der Waals surface area contributed by atoms with Crippen molar-refractivity contribution >= 4 is 5.90 Å². The minimum atomic E-state index is 0.545. The fourth-order valence-corrected chi connectivity index (χ4v) is 1.81. The second-order valence-electron chi connectivity index (χ2n) is 3.65. The molecule has 0 unspecified atom stereocenters. The van der Waals surface area contributed by atoms with Crippen LogP contribution in [0.4, 0.5) is 0 Å². The molecule has 68 valence electrons. The van der Waals surface area contributed by atoms with E-state index in [-0.39, 0.29) is 0 Å². The predicted octanol–water partition coefficient (Wildman–Crippen LogP) is 0.803. The zero-order chi connectivity index (χ0) is 8.39. The van der Waals surface area contributed by atoms with E-state index in [9.17, 15) is 0 Å². The number of aliphatic imine (C=N–C) groups is 1. The lowest BCUT2D eigenvalue weighted by atomic mass is 9.95. The summed E-state index contributed by atoms with van der Waals surface area (Å²) in [5.41, 5.74) is 0. The van der Waals surface area contributed by atoms with Crippen LogP contribution in [-0.2, 0) is 4.74 Å². The van der Waals surface area contributed by atoms with Crippen LogP contribution in [0.1, 0.15) is 19.8 Å². The molecule has 0 amide bonds. The van der Waals surface area contributed by atoms with Crippen LogP contribution in [0.2, 0.25) is 0 Å². The minimum Gasteiger partial charge on any atom is -0.479 e. The van der Waals surface area contributed by atoms with Crippen molar-refractivity contribution in [1.29, 1.82) is 0 Å². The molecule has 0 aromatic rings. The molecule has 3 nitrogen and oxygen atoms in total. The summed E-state index contributed by atoms with van der Waals surface area (Å²) in [6.45, 7) is 4.93. The molecule has 0 aliphatic carbocycles. The molecule has 0 spiro atoms. The van der Waals surface area contributed by atoms with Gasteiger partial charge in [0.05, 0.1) is 6.54 Å². The van der Waals surface area contributed by atoms with E-state index in [1.165, 1.54) is 12.8 Å². The van der Waals surface area contributed by atoms with Gasteiger partial charge in [0.1, 0.15) is 6.61 Å². The Hall–Kier alpha value is -0.570. The van der Waals surface area contributed by atoms with Crippen LogP contribution < -0.4 is 5.32 Å². The fourth-order valence-electron chi connectivity index (χ4n) is 1.81. The summed E-state index contributed by atoms with van der Waals surface area (Å²) in [5.74, 6) is 1.54. The molecule has 0 aromatic carbocycles. The maximum Gasteiger partial charge on any atom is 0.187 e. The van der Waals surface area contributed by atoms with Gasteiger partial charge < -0.3 is 10.1 Å². The summed E-state index contributed by atoms with van der Waals surface area (Å²) >= 11 is 0. The van der Waals surface area contributed by atoms with Crippen LogP contribution in [0, 0.1) is 5.92 Å². The third kappa shape index (κ3) is 1.61. The Bertz CT molecular complexity index is 183. The first-order chi connectivity index (χ1) is 5.86. The lowest BCUT2D eigenvalue weighted by Crippen LogP contribution is -2.40. The third-order valence-electron chi connectivity index (χ3n) is 2.62. The first-order valence-corrected chi connectivity index (χ1v) is 4.77. The predicted molar refractivity (Wildman–Crippen MR) is 48.4 cm³/mol. The number of piperidine rings is 1. The van der Waals surface area contributed by atoms with Gasteiger partial charge in [0.2, 0.25) is 0 Å². The molecule has 0 saturated carbocycles. The number of ether oxygens (including phenoxy) is 1. The average molecular weight is 168 g/mol. The van der Waals surface area contributed by atoms with Gasteiger partial charge in [-0.05, 0) is 19.8 Å². The van der Waals surface area contributed by atoms with E-state index in [0.29, 0.717) is 12.0 Å². The quantitative estimate of drug-likeness (QED) is 0.628. The molecule has 12 heavy (non-hydrogen) atoms. The number of hydrogen-bond donors (Lipinski definition) is 1. The van der Waals surface area contributed by atoms with E-state index < -0.39 is 0 Å². The van der Waals surface area contributed by atoms with Crippen LogP contribution in [0.15, 0.2) is 4.99 Å². The lowest BCUT2D eigenvalue weighted by Gasteiger charge is -2.26. The van der Waals surface area contributed by atoms with E-state index >= 15 is 0 Å². The molecule has 2 atom stereocenters. The smallest absolute Gasteiger partial charge is 0.187 e. The fraction of sp³-hybridized carbons (Fsp3) is 0.889. The van der Waals surface area contributed by atoms with Gasteiger partial charge in [-0.25, -0.2) is 0 Å². The van der Waals surface area contributed by atoms with Crippen molar-refractivity contribution in [3.63, 3.8) is 0 Å². The summed E-state index contributed by atoms with van der Waals surface area (Å²) in [4.78, 5) is 4.34. The van der Waals surface area contributed by atoms with Crippen molar-refractivity contribution in [2.45, 2.75) is 25.8 Å². The molecule has 2 aliphatic rings. The van der Waals surface area contributed by atoms with Crippen molar-refractivity contribution in [1.82, 2.24) is 5.32 Å². The van der Waals surface area contributed by atoms with Crippen LogP contribution in [0.25, 0.3) is 0 Å². The van der Waals surface area contributed by atoms with Gasteiger partial charge >= 0.3 is 0 Å². The molecule has 3 heteroatoms. The van der Waals surface area contributed by atoms with Gasteiger partial charge in [-0.1, -0.05) is 0 Å². The zero-order valence-electron chi connectivity index (χ0n) is 7.55. The molecule has 0 aromatic heterocycles. The average Bonchev–Trinajstić information content (AvgIpc) is 2.58. The first-order valence-electron chi connectivity index (χ1n) is 4.77. The van der Waals surface area contributed by atoms with Crippen LogP contribution >= 0.6 is 0 Å². The molecule has 1 N–H and O–H groups in total. The number of hydrogen-bond acceptors (Lipinski definition) is 3. The normalized spacial score (nSPS) is 35.9. The van der Waals surface area contributed by atoms with Crippen LogP contribution in [-0.4, -0.2) is 31.6 Å². The van der Waals surface area contributed by atoms with E-state index in [0.717, 1.165) is 25.6 Å².